The smallest absolute Gasteiger partial charge is 0.128 e. The van der Waals surface area contributed by atoms with Gasteiger partial charge in [0.05, 0.1) is 11.9 Å². The Hall–Kier alpha value is -1.25. The third-order valence-corrected chi connectivity index (χ3v) is 4.23. The fraction of sp³-hybridized carbons (Fsp3) is 0.688. The fourth-order valence-electron chi connectivity index (χ4n) is 2.94. The molecule has 0 radical (unpaired) electrons. The van der Waals surface area contributed by atoms with E-state index in [1.165, 1.54) is 25.7 Å². The topological polar surface area (TPSA) is 28.2 Å². The molecule has 1 aliphatic rings. The second-order valence-corrected chi connectivity index (χ2v) is 6.31. The lowest BCUT2D eigenvalue weighted by molar-refractivity contribution is 0.264. The van der Waals surface area contributed by atoms with E-state index in [9.17, 15) is 0 Å². The van der Waals surface area contributed by atoms with Crippen molar-refractivity contribution < 1.29 is 0 Å². The molecule has 3 heteroatoms. The molecule has 0 amide bonds. The van der Waals surface area contributed by atoms with Crippen molar-refractivity contribution in [3.63, 3.8) is 0 Å². The molecule has 106 valence electrons. The number of nitrogens with zero attached hydrogens (tertiary/aromatic N) is 2. The van der Waals surface area contributed by atoms with Crippen molar-refractivity contribution in [3.05, 3.63) is 18.3 Å². The van der Waals surface area contributed by atoms with E-state index >= 15 is 0 Å². The normalized spacial score (nSPS) is 23.4. The van der Waals surface area contributed by atoms with Gasteiger partial charge in [-0.05, 0) is 36.8 Å². The molecule has 0 spiro atoms. The van der Waals surface area contributed by atoms with Gasteiger partial charge in [-0.2, -0.15) is 0 Å². The van der Waals surface area contributed by atoms with Gasteiger partial charge in [0.15, 0.2) is 0 Å². The number of nitrogens with one attached hydrogen (secondary N) is 1. The summed E-state index contributed by atoms with van der Waals surface area (Å²) in [6.45, 7) is 4.70. The first-order valence-electron chi connectivity index (χ1n) is 7.46. The van der Waals surface area contributed by atoms with E-state index in [-0.39, 0.29) is 0 Å². The van der Waals surface area contributed by atoms with Crippen molar-refractivity contribution in [2.75, 3.05) is 24.3 Å². The molecule has 0 bridgehead atoms. The molecule has 3 nitrogen and oxygen atoms in total. The van der Waals surface area contributed by atoms with Crippen molar-refractivity contribution in [2.45, 2.75) is 45.6 Å². The third kappa shape index (κ3) is 3.85. The van der Waals surface area contributed by atoms with Crippen LogP contribution in [0.3, 0.4) is 0 Å². The summed E-state index contributed by atoms with van der Waals surface area (Å²) in [6, 6.07) is 4.83. The van der Waals surface area contributed by atoms with Crippen LogP contribution in [0.2, 0.25) is 0 Å². The van der Waals surface area contributed by atoms with Gasteiger partial charge < -0.3 is 10.2 Å². The monoisotopic (exact) mass is 261 g/mol. The van der Waals surface area contributed by atoms with Crippen LogP contribution in [-0.4, -0.2) is 25.1 Å². The van der Waals surface area contributed by atoms with Crippen LogP contribution in [0.1, 0.15) is 39.5 Å². The molecule has 19 heavy (non-hydrogen) atoms. The van der Waals surface area contributed by atoms with Crippen LogP contribution in [0.15, 0.2) is 18.3 Å². The highest BCUT2D eigenvalue weighted by Crippen LogP contribution is 2.31. The predicted molar refractivity (Wildman–Crippen MR) is 82.8 cm³/mol. The van der Waals surface area contributed by atoms with Crippen LogP contribution in [-0.2, 0) is 0 Å². The van der Waals surface area contributed by atoms with Gasteiger partial charge >= 0.3 is 0 Å². The summed E-state index contributed by atoms with van der Waals surface area (Å²) in [5, 5.41) is 3.65. The number of pyridine rings is 1. The Labute approximate surface area is 117 Å². The molecule has 1 aromatic rings. The summed E-state index contributed by atoms with van der Waals surface area (Å²) < 4.78 is 0. The molecule has 1 N–H and O–H groups in total. The van der Waals surface area contributed by atoms with Gasteiger partial charge in [-0.15, -0.1) is 0 Å². The lowest BCUT2D eigenvalue weighted by Gasteiger charge is -2.32. The molecule has 1 heterocycles. The zero-order valence-corrected chi connectivity index (χ0v) is 12.7. The Kier molecular flexibility index (Phi) is 4.67. The van der Waals surface area contributed by atoms with Gasteiger partial charge in [0.25, 0.3) is 0 Å². The molecule has 2 unspecified atom stereocenters. The highest BCUT2D eigenvalue weighted by Gasteiger charge is 2.23. The average molecular weight is 261 g/mol. The second-order valence-electron chi connectivity index (χ2n) is 6.31. The standard InChI is InChI=1S/C16H27N3/c1-12(2)13-6-5-7-14(10-13)18-15-8-9-16(17-11-15)19(3)4/h8-9,11-14,18H,5-7,10H2,1-4H3. The summed E-state index contributed by atoms with van der Waals surface area (Å²) in [4.78, 5) is 6.49. The van der Waals surface area contributed by atoms with Gasteiger partial charge in [-0.3, -0.25) is 0 Å². The summed E-state index contributed by atoms with van der Waals surface area (Å²) in [7, 11) is 4.04. The van der Waals surface area contributed by atoms with Crippen molar-refractivity contribution in [1.82, 2.24) is 4.98 Å². The molecule has 2 atom stereocenters. The number of rotatable bonds is 4. The van der Waals surface area contributed by atoms with Crippen LogP contribution in [0.5, 0.6) is 0 Å². The van der Waals surface area contributed by atoms with Gasteiger partial charge in [0, 0.05) is 20.1 Å². The Bertz CT molecular complexity index is 383. The summed E-state index contributed by atoms with van der Waals surface area (Å²) in [5.41, 5.74) is 1.15. The molecule has 1 aliphatic carbocycles. The summed E-state index contributed by atoms with van der Waals surface area (Å²) in [5.74, 6) is 2.69. The van der Waals surface area contributed by atoms with Crippen LogP contribution >= 0.6 is 0 Å². The van der Waals surface area contributed by atoms with Gasteiger partial charge in [-0.1, -0.05) is 26.7 Å². The van der Waals surface area contributed by atoms with Gasteiger partial charge in [0.1, 0.15) is 5.82 Å². The zero-order chi connectivity index (χ0) is 13.8. The lowest BCUT2D eigenvalue weighted by Crippen LogP contribution is -2.29. The van der Waals surface area contributed by atoms with Crippen LogP contribution < -0.4 is 10.2 Å². The van der Waals surface area contributed by atoms with E-state index in [2.05, 4.69) is 36.3 Å². The van der Waals surface area contributed by atoms with Crippen molar-refractivity contribution in [1.29, 1.82) is 0 Å². The Morgan fingerprint density at radius 2 is 2.05 bits per heavy atom. The van der Waals surface area contributed by atoms with Crippen LogP contribution in [0.25, 0.3) is 0 Å². The van der Waals surface area contributed by atoms with E-state index in [1.54, 1.807) is 0 Å². The van der Waals surface area contributed by atoms with Gasteiger partial charge in [0.2, 0.25) is 0 Å². The largest absolute Gasteiger partial charge is 0.381 e. The molecule has 0 aliphatic heterocycles. The fourth-order valence-corrected chi connectivity index (χ4v) is 2.94. The highest BCUT2D eigenvalue weighted by atomic mass is 15.1. The highest BCUT2D eigenvalue weighted by molar-refractivity contribution is 5.48. The maximum Gasteiger partial charge on any atom is 0.128 e. The zero-order valence-electron chi connectivity index (χ0n) is 12.7. The molecule has 2 rings (SSSR count). The molecule has 1 saturated carbocycles. The second kappa shape index (κ2) is 6.27. The molecular formula is C16H27N3. The van der Waals surface area contributed by atoms with Gasteiger partial charge in [-0.25, -0.2) is 4.98 Å². The van der Waals surface area contributed by atoms with Crippen LogP contribution in [0.4, 0.5) is 11.5 Å². The number of hydrogen-bond acceptors (Lipinski definition) is 3. The SMILES string of the molecule is CC(C)C1CCCC(Nc2ccc(N(C)C)nc2)C1. The van der Waals surface area contributed by atoms with Crippen molar-refractivity contribution >= 4 is 11.5 Å². The molecule has 1 aromatic heterocycles. The molecule has 1 fully saturated rings. The summed E-state index contributed by atoms with van der Waals surface area (Å²) >= 11 is 0. The summed E-state index contributed by atoms with van der Waals surface area (Å²) in [6.07, 6.45) is 7.29. The van der Waals surface area contributed by atoms with E-state index in [4.69, 9.17) is 0 Å². The minimum atomic E-state index is 0.619. The predicted octanol–water partition coefficient (Wildman–Crippen LogP) is 3.77. The Morgan fingerprint density at radius 3 is 2.63 bits per heavy atom. The van der Waals surface area contributed by atoms with E-state index in [1.807, 2.05) is 25.2 Å². The molecular weight excluding hydrogens is 234 g/mol. The number of aromatic nitrogens is 1. The van der Waals surface area contributed by atoms with E-state index in [0.717, 1.165) is 23.3 Å². The minimum Gasteiger partial charge on any atom is -0.381 e. The first kappa shape index (κ1) is 14.2. The van der Waals surface area contributed by atoms with Crippen molar-refractivity contribution in [2.24, 2.45) is 11.8 Å². The van der Waals surface area contributed by atoms with Crippen LogP contribution in [0, 0.1) is 11.8 Å². The average Bonchev–Trinajstić information content (AvgIpc) is 2.39. The third-order valence-electron chi connectivity index (χ3n) is 4.23. The maximum absolute atomic E-state index is 4.46. The van der Waals surface area contributed by atoms with E-state index in [0.29, 0.717) is 6.04 Å². The van der Waals surface area contributed by atoms with Crippen molar-refractivity contribution in [3.8, 4) is 0 Å². The molecule has 0 aromatic carbocycles. The Morgan fingerprint density at radius 1 is 1.26 bits per heavy atom. The van der Waals surface area contributed by atoms with E-state index < -0.39 is 0 Å². The lowest BCUT2D eigenvalue weighted by atomic mass is 9.79. The minimum absolute atomic E-state index is 0.619. The number of anilines is 2. The molecule has 0 saturated heterocycles. The maximum atomic E-state index is 4.46. The first-order chi connectivity index (χ1) is 9.06. The first-order valence-corrected chi connectivity index (χ1v) is 7.46. The Balaban J connectivity index is 1.93. The quantitative estimate of drug-likeness (QED) is 0.894. The number of hydrogen-bond donors (Lipinski definition) is 1.